The van der Waals surface area contributed by atoms with Crippen LogP contribution in [-0.4, -0.2) is 24.9 Å². The molecule has 0 radical (unpaired) electrons. The third-order valence-electron chi connectivity index (χ3n) is 20.5. The van der Waals surface area contributed by atoms with E-state index in [9.17, 15) is 0 Å². The van der Waals surface area contributed by atoms with E-state index in [0.717, 1.165) is 61.2 Å². The molecule has 0 amide bonds. The number of thiophene rings is 2. The molecule has 0 fully saturated rings. The summed E-state index contributed by atoms with van der Waals surface area (Å²) in [6.45, 7) is 4.62. The van der Waals surface area contributed by atoms with Crippen LogP contribution in [0.3, 0.4) is 0 Å². The monoisotopic (exact) mass is 1300 g/mol. The second-order valence-electron chi connectivity index (χ2n) is 26.5. The smallest absolute Gasteiger partial charge is 0.164 e. The Labute approximate surface area is 578 Å². The van der Waals surface area contributed by atoms with Gasteiger partial charge in [-0.2, -0.15) is 0 Å². The Bertz CT molecular complexity index is 6760. The third kappa shape index (κ3) is 9.08. The van der Waals surface area contributed by atoms with Crippen molar-refractivity contribution in [2.24, 2.45) is 0 Å². The highest BCUT2D eigenvalue weighted by atomic mass is 32.1. The lowest BCUT2D eigenvalue weighted by molar-refractivity contribution is 0.660. The minimum absolute atomic E-state index is 0.118. The second kappa shape index (κ2) is 22.5. The van der Waals surface area contributed by atoms with Gasteiger partial charge in [-0.05, 0) is 124 Å². The summed E-state index contributed by atoms with van der Waals surface area (Å²) in [5.41, 5.74) is 15.9. The highest BCUT2D eigenvalue weighted by Gasteiger charge is 2.37. The van der Waals surface area contributed by atoms with Gasteiger partial charge in [-0.1, -0.05) is 287 Å². The molecule has 0 bridgehead atoms. The molecule has 99 heavy (non-hydrogen) atoms. The molecule has 1 aliphatic rings. The van der Waals surface area contributed by atoms with Gasteiger partial charge in [0.25, 0.3) is 0 Å². The van der Waals surface area contributed by atoms with Crippen LogP contribution >= 0.6 is 22.7 Å². The first kappa shape index (κ1) is 57.1. The molecule has 16 aromatic carbocycles. The van der Waals surface area contributed by atoms with Crippen molar-refractivity contribution in [3.8, 4) is 78.9 Å². The molecule has 0 atom stereocenters. The van der Waals surface area contributed by atoms with Gasteiger partial charge in [0.2, 0.25) is 0 Å². The maximum atomic E-state index is 5.26. The fourth-order valence-corrected chi connectivity index (χ4v) is 18.4. The molecular weight excluding hydrogens is 1240 g/mol. The van der Waals surface area contributed by atoms with Gasteiger partial charge in [0.15, 0.2) is 17.5 Å². The molecule has 0 unspecified atom stereocenters. The standard InChI is InChI=1S/C48H31N3S.C44H26N2S/c1-48(2)38-20-10-8-17-34(38)42-37(19-12-21-39(42)48)47-50-45(28-13-4-3-5-14-28)49-46(51-47)30-24-25-31-29(27-30)23-26-36-41(31)32-15-6-7-16-33(32)43-35-18-9-11-22-40(35)52-44(36)43;1-3-11-27(12-4-1)42-43(28-13-5-2-6-14-28)46-38-26-30(21-24-37(38)45-42)29-19-22-32-31(25-29)20-23-36-40(32)33-15-7-8-16-34(33)41-35-17-9-10-18-39(35)47-44(36)41/h3-27H,1-2H3;1-26H. The van der Waals surface area contributed by atoms with Crippen molar-refractivity contribution in [1.82, 2.24) is 24.9 Å². The van der Waals surface area contributed by atoms with Crippen molar-refractivity contribution < 1.29 is 0 Å². The number of hydrogen-bond donors (Lipinski definition) is 0. The molecule has 20 aromatic rings. The predicted molar refractivity (Wildman–Crippen MR) is 420 cm³/mol. The van der Waals surface area contributed by atoms with E-state index < -0.39 is 0 Å². The summed E-state index contributed by atoms with van der Waals surface area (Å²) in [5, 5.41) is 20.7. The van der Waals surface area contributed by atoms with E-state index in [4.69, 9.17) is 24.9 Å². The number of fused-ring (bicyclic) bond motifs is 24. The minimum Gasteiger partial charge on any atom is -0.244 e. The number of hydrogen-bond acceptors (Lipinski definition) is 7. The van der Waals surface area contributed by atoms with E-state index in [2.05, 4.69) is 293 Å². The van der Waals surface area contributed by atoms with E-state index in [1.165, 1.54) is 127 Å². The Morgan fingerprint density at radius 2 is 0.667 bits per heavy atom. The molecule has 21 rings (SSSR count). The molecule has 0 aliphatic heterocycles. The number of rotatable bonds is 6. The third-order valence-corrected chi connectivity index (χ3v) is 22.9. The van der Waals surface area contributed by atoms with Gasteiger partial charge < -0.3 is 0 Å². The Morgan fingerprint density at radius 1 is 0.253 bits per heavy atom. The van der Waals surface area contributed by atoms with E-state index in [0.29, 0.717) is 17.5 Å². The zero-order valence-corrected chi connectivity index (χ0v) is 55.6. The van der Waals surface area contributed by atoms with Crippen LogP contribution in [0, 0.1) is 0 Å². The van der Waals surface area contributed by atoms with Gasteiger partial charge in [-0.15, -0.1) is 22.7 Å². The molecule has 0 saturated carbocycles. The zero-order chi connectivity index (χ0) is 65.5. The summed E-state index contributed by atoms with van der Waals surface area (Å²) in [7, 11) is 0. The number of nitrogens with zero attached hydrogens (tertiary/aromatic N) is 5. The van der Waals surface area contributed by atoms with Crippen molar-refractivity contribution in [3.05, 3.63) is 321 Å². The van der Waals surface area contributed by atoms with Crippen LogP contribution in [0.1, 0.15) is 25.0 Å². The molecule has 1 aliphatic carbocycles. The Hall–Kier alpha value is -12.1. The molecule has 462 valence electrons. The summed E-state index contributed by atoms with van der Waals surface area (Å²) >= 11 is 3.79. The van der Waals surface area contributed by atoms with Gasteiger partial charge in [-0.3, -0.25) is 0 Å². The minimum atomic E-state index is -0.118. The first-order valence-electron chi connectivity index (χ1n) is 33.7. The summed E-state index contributed by atoms with van der Waals surface area (Å²) in [5.74, 6) is 2.02. The zero-order valence-electron chi connectivity index (χ0n) is 54.0. The molecule has 4 aromatic heterocycles. The van der Waals surface area contributed by atoms with Crippen molar-refractivity contribution >= 4 is 139 Å². The van der Waals surface area contributed by atoms with Gasteiger partial charge in [0, 0.05) is 84.3 Å². The van der Waals surface area contributed by atoms with E-state index >= 15 is 0 Å². The summed E-state index contributed by atoms with van der Waals surface area (Å²) in [6, 6.07) is 111. The summed E-state index contributed by atoms with van der Waals surface area (Å²) in [6.07, 6.45) is 0. The van der Waals surface area contributed by atoms with Crippen molar-refractivity contribution in [1.29, 1.82) is 0 Å². The maximum absolute atomic E-state index is 5.26. The SMILES string of the molecule is CC1(C)c2ccccc2-c2c(-c3nc(-c4ccccc4)nc(-c4ccc5c(ccc6c7sc8ccccc8c7c7ccccc7c56)c4)n3)cccc21.c1ccc(-c2nc3ccc(-c4ccc5c(ccc6c7sc8ccccc8c7c7ccccc7c56)c4)cc3nc2-c2ccccc2)cc1. The Kier molecular flexibility index (Phi) is 13.0. The lowest BCUT2D eigenvalue weighted by atomic mass is 9.82. The van der Waals surface area contributed by atoms with E-state index in [1.54, 1.807) is 0 Å². The number of aromatic nitrogens is 5. The summed E-state index contributed by atoms with van der Waals surface area (Å²) in [4.78, 5) is 25.9. The molecule has 0 saturated heterocycles. The van der Waals surface area contributed by atoms with Gasteiger partial charge in [0.05, 0.1) is 22.4 Å². The maximum Gasteiger partial charge on any atom is 0.164 e. The van der Waals surface area contributed by atoms with Crippen molar-refractivity contribution in [2.45, 2.75) is 19.3 Å². The van der Waals surface area contributed by atoms with Gasteiger partial charge in [-0.25, -0.2) is 24.9 Å². The van der Waals surface area contributed by atoms with Gasteiger partial charge >= 0.3 is 0 Å². The van der Waals surface area contributed by atoms with E-state index in [1.807, 2.05) is 53.0 Å². The van der Waals surface area contributed by atoms with Crippen LogP contribution in [-0.2, 0) is 5.41 Å². The van der Waals surface area contributed by atoms with Crippen molar-refractivity contribution in [3.63, 3.8) is 0 Å². The Balaban J connectivity index is 0.000000135. The summed E-state index contributed by atoms with van der Waals surface area (Å²) < 4.78 is 5.36. The normalized spacial score (nSPS) is 12.6. The first-order chi connectivity index (χ1) is 48.8. The highest BCUT2D eigenvalue weighted by Crippen LogP contribution is 2.53. The first-order valence-corrected chi connectivity index (χ1v) is 35.3. The lowest BCUT2D eigenvalue weighted by Crippen LogP contribution is -2.14. The molecule has 7 heteroatoms. The van der Waals surface area contributed by atoms with Crippen LogP contribution in [0.2, 0.25) is 0 Å². The van der Waals surface area contributed by atoms with E-state index in [-0.39, 0.29) is 5.41 Å². The lowest BCUT2D eigenvalue weighted by Gasteiger charge is -2.21. The van der Waals surface area contributed by atoms with Crippen LogP contribution in [0.15, 0.2) is 309 Å². The van der Waals surface area contributed by atoms with Gasteiger partial charge in [0.1, 0.15) is 0 Å². The Morgan fingerprint density at radius 3 is 1.25 bits per heavy atom. The fraction of sp³-hybridized carbons (Fsp3) is 0.0326. The predicted octanol–water partition coefficient (Wildman–Crippen LogP) is 25.5. The quantitative estimate of drug-likeness (QED) is 0.155. The molecule has 4 heterocycles. The van der Waals surface area contributed by atoms with Crippen LogP contribution in [0.25, 0.3) is 195 Å². The topological polar surface area (TPSA) is 64.5 Å². The van der Waals surface area contributed by atoms with Crippen LogP contribution < -0.4 is 0 Å². The average molecular weight is 1300 g/mol. The van der Waals surface area contributed by atoms with Crippen molar-refractivity contribution in [2.75, 3.05) is 0 Å². The highest BCUT2D eigenvalue weighted by molar-refractivity contribution is 7.27. The molecular formula is C92H57N5S2. The number of benzene rings is 16. The largest absolute Gasteiger partial charge is 0.244 e. The fourth-order valence-electron chi connectivity index (χ4n) is 15.9. The van der Waals surface area contributed by atoms with Crippen LogP contribution in [0.4, 0.5) is 0 Å². The molecule has 0 N–H and O–H groups in total. The van der Waals surface area contributed by atoms with Crippen LogP contribution in [0.5, 0.6) is 0 Å². The molecule has 0 spiro atoms. The average Bonchev–Trinajstić information content (AvgIpc) is 1.66. The molecule has 5 nitrogen and oxygen atoms in total. The second-order valence-corrected chi connectivity index (χ2v) is 28.6.